The molecule has 5 nitrogen and oxygen atoms in total. The summed E-state index contributed by atoms with van der Waals surface area (Å²) in [5, 5.41) is 3.16. The van der Waals surface area contributed by atoms with Crippen LogP contribution >= 0.6 is 0 Å². The zero-order valence-corrected chi connectivity index (χ0v) is 16.3. The van der Waals surface area contributed by atoms with Crippen LogP contribution in [0.25, 0.3) is 0 Å². The van der Waals surface area contributed by atoms with E-state index >= 15 is 0 Å². The molecule has 0 saturated carbocycles. The summed E-state index contributed by atoms with van der Waals surface area (Å²) in [6.07, 6.45) is 2.60. The Hall–Kier alpha value is -2.40. The molecule has 0 bridgehead atoms. The van der Waals surface area contributed by atoms with Gasteiger partial charge in [0.25, 0.3) is 0 Å². The minimum Gasteiger partial charge on any atom is -0.330 e. The van der Waals surface area contributed by atoms with Gasteiger partial charge in [0.05, 0.1) is 11.7 Å². The number of pyridine rings is 1. The molecule has 1 atom stereocenters. The first-order valence-corrected chi connectivity index (χ1v) is 9.16. The van der Waals surface area contributed by atoms with Crippen molar-refractivity contribution in [3.63, 3.8) is 0 Å². The molecule has 0 aliphatic rings. The van der Waals surface area contributed by atoms with Gasteiger partial charge in [-0.25, -0.2) is 4.79 Å². The summed E-state index contributed by atoms with van der Waals surface area (Å²) in [5.74, 6) is 0. The van der Waals surface area contributed by atoms with E-state index in [4.69, 9.17) is 0 Å². The highest BCUT2D eigenvalue weighted by Gasteiger charge is 2.19. The zero-order valence-electron chi connectivity index (χ0n) is 16.3. The normalized spacial score (nSPS) is 12.0. The summed E-state index contributed by atoms with van der Waals surface area (Å²) >= 11 is 0. The first-order chi connectivity index (χ1) is 12.5. The number of benzene rings is 1. The molecular weight excluding hydrogens is 324 g/mol. The van der Waals surface area contributed by atoms with Gasteiger partial charge in [-0.3, -0.25) is 4.98 Å². The van der Waals surface area contributed by atoms with Crippen molar-refractivity contribution in [1.82, 2.24) is 20.1 Å². The number of rotatable bonds is 8. The van der Waals surface area contributed by atoms with Crippen molar-refractivity contribution in [3.05, 3.63) is 65.5 Å². The topological polar surface area (TPSA) is 48.5 Å². The van der Waals surface area contributed by atoms with Crippen LogP contribution in [0.3, 0.4) is 0 Å². The van der Waals surface area contributed by atoms with Gasteiger partial charge in [0, 0.05) is 25.8 Å². The molecule has 0 fully saturated rings. The fourth-order valence-corrected chi connectivity index (χ4v) is 2.75. The first kappa shape index (κ1) is 19.9. The second-order valence-electron chi connectivity index (χ2n) is 6.88. The molecule has 0 spiro atoms. The maximum atomic E-state index is 13.0. The van der Waals surface area contributed by atoms with Crippen LogP contribution in [0.2, 0.25) is 0 Å². The van der Waals surface area contributed by atoms with Crippen LogP contribution in [-0.2, 0) is 6.54 Å². The molecule has 0 unspecified atom stereocenters. The second kappa shape index (κ2) is 9.92. The van der Waals surface area contributed by atoms with E-state index in [1.54, 1.807) is 6.20 Å². The molecule has 0 aliphatic carbocycles. The van der Waals surface area contributed by atoms with E-state index in [2.05, 4.69) is 34.3 Å². The number of amides is 2. The monoisotopic (exact) mass is 354 g/mol. The zero-order chi connectivity index (χ0) is 18.9. The minimum absolute atomic E-state index is 0.0501. The van der Waals surface area contributed by atoms with Gasteiger partial charge < -0.3 is 15.1 Å². The lowest BCUT2D eigenvalue weighted by molar-refractivity contribution is 0.184. The summed E-state index contributed by atoms with van der Waals surface area (Å²) in [7, 11) is 4.04. The molecule has 0 radical (unpaired) electrons. The second-order valence-corrected chi connectivity index (χ2v) is 6.88. The number of nitrogens with zero attached hydrogens (tertiary/aromatic N) is 3. The van der Waals surface area contributed by atoms with Gasteiger partial charge in [-0.2, -0.15) is 0 Å². The number of likely N-dealkylation sites (N-methyl/N-ethyl adjacent to an activating group) is 1. The number of aryl methyl sites for hydroxylation is 1. The SMILES string of the molecule is CC[C@H](NC(=O)N(CCN(C)C)Cc1ccccc1)c1cc(C)ccn1. The van der Waals surface area contributed by atoms with Gasteiger partial charge >= 0.3 is 6.03 Å². The van der Waals surface area contributed by atoms with E-state index in [0.717, 1.165) is 29.8 Å². The van der Waals surface area contributed by atoms with Crippen LogP contribution in [-0.4, -0.2) is 48.0 Å². The molecule has 26 heavy (non-hydrogen) atoms. The predicted octanol–water partition coefficient (Wildman–Crippen LogP) is 3.61. The highest BCUT2D eigenvalue weighted by Crippen LogP contribution is 2.16. The molecule has 1 N–H and O–H groups in total. The Kier molecular flexibility index (Phi) is 7.60. The van der Waals surface area contributed by atoms with Gasteiger partial charge in [0.1, 0.15) is 0 Å². The van der Waals surface area contributed by atoms with Gasteiger partial charge in [-0.05, 0) is 50.7 Å². The van der Waals surface area contributed by atoms with Gasteiger partial charge in [0.2, 0.25) is 0 Å². The van der Waals surface area contributed by atoms with E-state index in [1.165, 1.54) is 0 Å². The van der Waals surface area contributed by atoms with Crippen LogP contribution < -0.4 is 5.32 Å². The summed E-state index contributed by atoms with van der Waals surface area (Å²) in [6.45, 7) is 6.19. The van der Waals surface area contributed by atoms with E-state index in [-0.39, 0.29) is 12.1 Å². The van der Waals surface area contributed by atoms with Gasteiger partial charge in [-0.15, -0.1) is 0 Å². The maximum absolute atomic E-state index is 13.0. The fraction of sp³-hybridized carbons (Fsp3) is 0.429. The third kappa shape index (κ3) is 6.15. The average Bonchev–Trinajstić information content (AvgIpc) is 2.63. The summed E-state index contributed by atoms with van der Waals surface area (Å²) in [5.41, 5.74) is 3.19. The average molecular weight is 354 g/mol. The molecule has 0 saturated heterocycles. The molecule has 0 aliphatic heterocycles. The van der Waals surface area contributed by atoms with Crippen LogP contribution in [0, 0.1) is 6.92 Å². The molecule has 2 aromatic rings. The molecular formula is C21H30N4O. The Balaban J connectivity index is 2.10. The quantitative estimate of drug-likeness (QED) is 0.788. The summed E-state index contributed by atoms with van der Waals surface area (Å²) in [4.78, 5) is 21.4. The van der Waals surface area contributed by atoms with Gasteiger partial charge in [-0.1, -0.05) is 37.3 Å². The maximum Gasteiger partial charge on any atom is 0.318 e. The van der Waals surface area contributed by atoms with E-state index < -0.39 is 0 Å². The van der Waals surface area contributed by atoms with Crippen molar-refractivity contribution in [2.24, 2.45) is 0 Å². The van der Waals surface area contributed by atoms with Crippen molar-refractivity contribution in [3.8, 4) is 0 Å². The Morgan fingerprint density at radius 1 is 1.15 bits per heavy atom. The fourth-order valence-electron chi connectivity index (χ4n) is 2.75. The Labute approximate surface area is 157 Å². The van der Waals surface area contributed by atoms with E-state index in [1.807, 2.05) is 56.3 Å². The molecule has 2 rings (SSSR count). The van der Waals surface area contributed by atoms with E-state index in [9.17, 15) is 4.79 Å². The molecule has 1 heterocycles. The van der Waals surface area contributed by atoms with Crippen LogP contribution in [0.1, 0.15) is 36.2 Å². The third-order valence-corrected chi connectivity index (χ3v) is 4.32. The van der Waals surface area contributed by atoms with Crippen molar-refractivity contribution in [2.45, 2.75) is 32.9 Å². The largest absolute Gasteiger partial charge is 0.330 e. The van der Waals surface area contributed by atoms with Gasteiger partial charge in [0.15, 0.2) is 0 Å². The van der Waals surface area contributed by atoms with Crippen LogP contribution in [0.4, 0.5) is 4.79 Å². The number of hydrogen-bond donors (Lipinski definition) is 1. The molecule has 2 amide bonds. The highest BCUT2D eigenvalue weighted by molar-refractivity contribution is 5.74. The Morgan fingerprint density at radius 2 is 1.88 bits per heavy atom. The lowest BCUT2D eigenvalue weighted by atomic mass is 10.1. The van der Waals surface area contributed by atoms with Crippen LogP contribution in [0.15, 0.2) is 48.7 Å². The van der Waals surface area contributed by atoms with Crippen molar-refractivity contribution in [2.75, 3.05) is 27.2 Å². The predicted molar refractivity (Wildman–Crippen MR) is 106 cm³/mol. The lowest BCUT2D eigenvalue weighted by Gasteiger charge is -2.27. The van der Waals surface area contributed by atoms with Crippen molar-refractivity contribution >= 4 is 6.03 Å². The number of aromatic nitrogens is 1. The number of carbonyl (C=O) groups excluding carboxylic acids is 1. The Bertz CT molecular complexity index is 687. The number of urea groups is 1. The molecule has 1 aromatic carbocycles. The Morgan fingerprint density at radius 3 is 2.50 bits per heavy atom. The third-order valence-electron chi connectivity index (χ3n) is 4.32. The highest BCUT2D eigenvalue weighted by atomic mass is 16.2. The summed E-state index contributed by atoms with van der Waals surface area (Å²) < 4.78 is 0. The van der Waals surface area contributed by atoms with E-state index in [0.29, 0.717) is 13.1 Å². The number of hydrogen-bond acceptors (Lipinski definition) is 3. The summed E-state index contributed by atoms with van der Waals surface area (Å²) in [6, 6.07) is 14.0. The first-order valence-electron chi connectivity index (χ1n) is 9.16. The van der Waals surface area contributed by atoms with Crippen molar-refractivity contribution in [1.29, 1.82) is 0 Å². The lowest BCUT2D eigenvalue weighted by Crippen LogP contribution is -2.44. The smallest absolute Gasteiger partial charge is 0.318 e. The minimum atomic E-state index is -0.0833. The number of nitrogens with one attached hydrogen (secondary N) is 1. The van der Waals surface area contributed by atoms with Crippen LogP contribution in [0.5, 0.6) is 0 Å². The van der Waals surface area contributed by atoms with Crippen molar-refractivity contribution < 1.29 is 4.79 Å². The molecule has 5 heteroatoms. The molecule has 140 valence electrons. The standard InChI is InChI=1S/C21H30N4O/c1-5-19(20-15-17(2)11-12-22-20)23-21(26)25(14-13-24(3)4)16-18-9-7-6-8-10-18/h6-12,15,19H,5,13-14,16H2,1-4H3,(H,23,26)/t19-/m0/s1. The molecule has 1 aromatic heterocycles. The number of carbonyl (C=O) groups is 1.